The summed E-state index contributed by atoms with van der Waals surface area (Å²) in [5.41, 5.74) is 1.89. The van der Waals surface area contributed by atoms with Gasteiger partial charge in [-0.1, -0.05) is 53.4 Å². The monoisotopic (exact) mass is 593 g/mol. The van der Waals surface area contributed by atoms with E-state index in [0.29, 0.717) is 22.1 Å². The van der Waals surface area contributed by atoms with E-state index in [4.69, 9.17) is 10.1 Å². The van der Waals surface area contributed by atoms with Gasteiger partial charge < -0.3 is 0 Å². The molecule has 1 unspecified atom stereocenters. The normalized spacial score (nSPS) is 19.3. The predicted molar refractivity (Wildman–Crippen MR) is 155 cm³/mol. The van der Waals surface area contributed by atoms with Gasteiger partial charge >= 0.3 is 0 Å². The number of rotatable bonds is 6. The smallest absolute Gasteiger partial charge is 0.282 e. The Balaban J connectivity index is 1.48. The van der Waals surface area contributed by atoms with Crippen LogP contribution in [-0.2, 0) is 14.9 Å². The number of carbonyl (C=O) groups is 1. The van der Waals surface area contributed by atoms with Crippen LogP contribution in [0.15, 0.2) is 88.9 Å². The Morgan fingerprint density at radius 2 is 1.82 bits per heavy atom. The first-order chi connectivity index (χ1) is 19.2. The standard InChI is InChI=1S/C26H19N5O6S3/c32-24-16-38-26(29(24)25-27-21-9-2-4-11-23(21)39-25)15-18(13-12-17-6-1-3-10-22(17)31(33)34)28-30(26)19-7-5-8-20(14-19)40(35,36)37/h1-14H,15-16H2,(H,35,36,37). The number of benzene rings is 3. The van der Waals surface area contributed by atoms with Crippen molar-refractivity contribution in [3.8, 4) is 0 Å². The Bertz CT molecular complexity index is 1820. The highest BCUT2D eigenvalue weighted by Gasteiger charge is 2.56. The molecule has 2 aliphatic heterocycles. The molecule has 0 bridgehead atoms. The molecule has 3 aromatic carbocycles. The molecule has 1 saturated heterocycles. The van der Waals surface area contributed by atoms with Crippen molar-refractivity contribution in [2.45, 2.75) is 16.3 Å². The maximum Gasteiger partial charge on any atom is 0.294 e. The summed E-state index contributed by atoms with van der Waals surface area (Å²) < 4.78 is 34.4. The van der Waals surface area contributed by atoms with Gasteiger partial charge in [0.15, 0.2) is 10.1 Å². The maximum atomic E-state index is 13.4. The summed E-state index contributed by atoms with van der Waals surface area (Å²) in [6.07, 6.45) is 3.45. The number of nitro groups is 1. The van der Waals surface area contributed by atoms with Gasteiger partial charge in [0.2, 0.25) is 5.91 Å². The number of hydrazone groups is 1. The number of hydrogen-bond donors (Lipinski definition) is 1. The number of allylic oxidation sites excluding steroid dienone is 1. The third-order valence-corrected chi connectivity index (χ3v) is 9.64. The topological polar surface area (TPSA) is 146 Å². The molecule has 14 heteroatoms. The summed E-state index contributed by atoms with van der Waals surface area (Å²) in [6, 6.07) is 19.5. The molecule has 202 valence electrons. The first-order valence-corrected chi connectivity index (χ1v) is 15.1. The van der Waals surface area contributed by atoms with Crippen LogP contribution in [0, 0.1) is 10.1 Å². The molecular formula is C26H19N5O6S3. The van der Waals surface area contributed by atoms with E-state index in [1.807, 2.05) is 24.3 Å². The zero-order chi connectivity index (χ0) is 28.1. The Morgan fingerprint density at radius 1 is 1.05 bits per heavy atom. The Labute approximate surface area is 236 Å². The fourth-order valence-corrected chi connectivity index (χ4v) is 7.61. The molecule has 0 saturated carbocycles. The molecule has 2 aliphatic rings. The van der Waals surface area contributed by atoms with E-state index in [-0.39, 0.29) is 28.7 Å². The first-order valence-electron chi connectivity index (χ1n) is 11.9. The van der Waals surface area contributed by atoms with Crippen molar-refractivity contribution in [2.75, 3.05) is 15.7 Å². The summed E-state index contributed by atoms with van der Waals surface area (Å²) in [6.45, 7) is 0. The molecular weight excluding hydrogens is 575 g/mol. The number of hydrogen-bond acceptors (Lipinski definition) is 10. The molecule has 40 heavy (non-hydrogen) atoms. The highest BCUT2D eigenvalue weighted by atomic mass is 32.2. The molecule has 1 atom stereocenters. The van der Waals surface area contributed by atoms with Crippen LogP contribution in [-0.4, -0.2) is 45.2 Å². The van der Waals surface area contributed by atoms with Crippen LogP contribution < -0.4 is 9.91 Å². The third-order valence-electron chi connectivity index (χ3n) is 6.42. The lowest BCUT2D eigenvalue weighted by Crippen LogP contribution is -2.53. The molecule has 3 heterocycles. The van der Waals surface area contributed by atoms with Crippen LogP contribution in [0.5, 0.6) is 0 Å². The molecule has 1 spiro atoms. The number of thioether (sulfide) groups is 1. The zero-order valence-electron chi connectivity index (χ0n) is 20.4. The van der Waals surface area contributed by atoms with E-state index in [9.17, 15) is 27.9 Å². The molecule has 1 aromatic heterocycles. The second kappa shape index (κ2) is 9.82. The van der Waals surface area contributed by atoms with Gasteiger partial charge in [-0.2, -0.15) is 13.5 Å². The minimum Gasteiger partial charge on any atom is -0.282 e. The van der Waals surface area contributed by atoms with Gasteiger partial charge in [-0.25, -0.2) is 9.99 Å². The Kier molecular flexibility index (Phi) is 6.41. The first kappa shape index (κ1) is 26.1. The quantitative estimate of drug-likeness (QED) is 0.182. The van der Waals surface area contributed by atoms with Crippen LogP contribution in [0.1, 0.15) is 12.0 Å². The number of nitro benzene ring substituents is 1. The molecule has 0 radical (unpaired) electrons. The lowest BCUT2D eigenvalue weighted by atomic mass is 10.1. The van der Waals surface area contributed by atoms with Crippen molar-refractivity contribution in [2.24, 2.45) is 5.10 Å². The molecule has 1 fully saturated rings. The third kappa shape index (κ3) is 4.54. The number of amides is 1. The average molecular weight is 594 g/mol. The number of nitrogens with zero attached hydrogens (tertiary/aromatic N) is 5. The van der Waals surface area contributed by atoms with Crippen LogP contribution in [0.2, 0.25) is 0 Å². The van der Waals surface area contributed by atoms with E-state index in [1.54, 1.807) is 46.3 Å². The van der Waals surface area contributed by atoms with Crippen molar-refractivity contribution in [1.82, 2.24) is 4.98 Å². The lowest BCUT2D eigenvalue weighted by Gasteiger charge is -2.39. The van der Waals surface area contributed by atoms with Gasteiger partial charge in [-0.3, -0.25) is 24.4 Å². The number of carbonyl (C=O) groups excluding carboxylic acids is 1. The predicted octanol–water partition coefficient (Wildman–Crippen LogP) is 5.16. The zero-order valence-corrected chi connectivity index (χ0v) is 22.9. The molecule has 4 aromatic rings. The lowest BCUT2D eigenvalue weighted by molar-refractivity contribution is -0.385. The van der Waals surface area contributed by atoms with Crippen LogP contribution in [0.4, 0.5) is 16.5 Å². The molecule has 11 nitrogen and oxygen atoms in total. The summed E-state index contributed by atoms with van der Waals surface area (Å²) in [5.74, 6) is -0.0692. The van der Waals surface area contributed by atoms with Crippen LogP contribution in [0.3, 0.4) is 0 Å². The summed E-state index contributed by atoms with van der Waals surface area (Å²) in [4.78, 5) is 29.2. The van der Waals surface area contributed by atoms with E-state index >= 15 is 0 Å². The van der Waals surface area contributed by atoms with Gasteiger partial charge in [0.25, 0.3) is 15.8 Å². The van der Waals surface area contributed by atoms with Crippen molar-refractivity contribution in [3.05, 3.63) is 94.6 Å². The van der Waals surface area contributed by atoms with Gasteiger partial charge in [0.05, 0.1) is 42.8 Å². The van der Waals surface area contributed by atoms with Gasteiger partial charge in [0, 0.05) is 12.5 Å². The van der Waals surface area contributed by atoms with Crippen LogP contribution in [0.25, 0.3) is 16.3 Å². The highest BCUT2D eigenvalue weighted by Crippen LogP contribution is 2.51. The average Bonchev–Trinajstić information content (AvgIpc) is 3.62. The fourth-order valence-electron chi connectivity index (χ4n) is 4.66. The molecule has 1 amide bonds. The van der Waals surface area contributed by atoms with E-state index in [2.05, 4.69) is 0 Å². The SMILES string of the molecule is O=C1CSC2(CC(C=Cc3ccccc3[N+](=O)[O-])=NN2c2cccc(S(=O)(=O)O)c2)N1c1nc2ccccc2s1. The summed E-state index contributed by atoms with van der Waals surface area (Å²) in [7, 11) is -4.51. The number of thiazole rings is 1. The van der Waals surface area contributed by atoms with Gasteiger partial charge in [0.1, 0.15) is 0 Å². The molecule has 6 rings (SSSR count). The second-order valence-corrected chi connectivity index (χ2v) is 12.6. The van der Waals surface area contributed by atoms with Crippen molar-refractivity contribution in [3.63, 3.8) is 0 Å². The minimum absolute atomic E-state index is 0.0636. The van der Waals surface area contributed by atoms with Crippen molar-refractivity contribution < 1.29 is 22.7 Å². The Hall–Kier alpha value is -4.11. The van der Waals surface area contributed by atoms with Crippen molar-refractivity contribution >= 4 is 77.6 Å². The number of aromatic nitrogens is 1. The molecule has 0 aliphatic carbocycles. The van der Waals surface area contributed by atoms with E-state index in [0.717, 1.165) is 10.2 Å². The minimum atomic E-state index is -4.51. The highest BCUT2D eigenvalue weighted by molar-refractivity contribution is 8.02. The van der Waals surface area contributed by atoms with Gasteiger partial charge in [-0.15, -0.1) is 0 Å². The fraction of sp³-hybridized carbons (Fsp3) is 0.115. The van der Waals surface area contributed by atoms with E-state index in [1.165, 1.54) is 47.4 Å². The Morgan fingerprint density at radius 3 is 2.60 bits per heavy atom. The van der Waals surface area contributed by atoms with E-state index < -0.39 is 20.0 Å². The number of anilines is 2. The number of fused-ring (bicyclic) bond motifs is 1. The second-order valence-electron chi connectivity index (χ2n) is 8.93. The number of para-hydroxylation sites is 2. The van der Waals surface area contributed by atoms with Gasteiger partial charge in [-0.05, 0) is 48.6 Å². The van der Waals surface area contributed by atoms with Crippen LogP contribution >= 0.6 is 23.1 Å². The summed E-state index contributed by atoms with van der Waals surface area (Å²) in [5, 5.41) is 18.3. The largest absolute Gasteiger partial charge is 0.294 e. The molecule has 1 N–H and O–H groups in total. The maximum absolute atomic E-state index is 13.4. The van der Waals surface area contributed by atoms with Crippen molar-refractivity contribution in [1.29, 1.82) is 0 Å². The summed E-state index contributed by atoms with van der Waals surface area (Å²) >= 11 is 2.68.